The van der Waals surface area contributed by atoms with Crippen molar-refractivity contribution in [1.82, 2.24) is 0 Å². The first-order valence-electron chi connectivity index (χ1n) is 10.2. The Morgan fingerprint density at radius 3 is 1.27 bits per heavy atom. The Morgan fingerprint density at radius 2 is 0.848 bits per heavy atom. The molecule has 4 aromatic carbocycles. The molecule has 33 heavy (non-hydrogen) atoms. The molecule has 0 bridgehead atoms. The minimum Gasteiger partial charge on any atom is -0.478 e. The predicted molar refractivity (Wildman–Crippen MR) is 123 cm³/mol. The lowest BCUT2D eigenvalue weighted by Crippen LogP contribution is -2.20. The SMILES string of the molecule is O=C(O)c1ccccc1C(=O)c1ccccc1.O=C1c2ccccc2C(=O)c2ccccc21. The predicted octanol–water partition coefficient (Wildman–Crippen LogP) is 5.08. The highest BCUT2D eigenvalue weighted by Gasteiger charge is 2.28. The van der Waals surface area contributed by atoms with Gasteiger partial charge in [0.05, 0.1) is 5.56 Å². The highest BCUT2D eigenvalue weighted by Crippen LogP contribution is 2.26. The third-order valence-corrected chi connectivity index (χ3v) is 5.27. The molecule has 0 saturated carbocycles. The maximum absolute atomic E-state index is 12.1. The molecule has 0 spiro atoms. The van der Waals surface area contributed by atoms with Crippen LogP contribution in [0, 0.1) is 0 Å². The number of fused-ring (bicyclic) bond motifs is 2. The van der Waals surface area contributed by atoms with Crippen LogP contribution in [-0.4, -0.2) is 28.4 Å². The average molecular weight is 434 g/mol. The van der Waals surface area contributed by atoms with Gasteiger partial charge in [-0.15, -0.1) is 0 Å². The van der Waals surface area contributed by atoms with Gasteiger partial charge in [-0.2, -0.15) is 0 Å². The molecule has 0 fully saturated rings. The summed E-state index contributed by atoms with van der Waals surface area (Å²) in [6, 6.07) is 28.7. The van der Waals surface area contributed by atoms with Crippen molar-refractivity contribution in [3.05, 3.63) is 142 Å². The zero-order valence-electron chi connectivity index (χ0n) is 17.4. The molecule has 4 aromatic rings. The van der Waals surface area contributed by atoms with Crippen LogP contribution >= 0.6 is 0 Å². The number of rotatable bonds is 3. The topological polar surface area (TPSA) is 88.5 Å². The van der Waals surface area contributed by atoms with E-state index in [1.807, 2.05) is 0 Å². The molecular weight excluding hydrogens is 416 g/mol. The van der Waals surface area contributed by atoms with Crippen LogP contribution in [0.15, 0.2) is 103 Å². The van der Waals surface area contributed by atoms with Crippen molar-refractivity contribution < 1.29 is 24.3 Å². The average Bonchev–Trinajstić information content (AvgIpc) is 2.88. The molecule has 1 aliphatic carbocycles. The summed E-state index contributed by atoms with van der Waals surface area (Å²) >= 11 is 0. The molecule has 0 aromatic heterocycles. The Kier molecular flexibility index (Phi) is 6.04. The molecule has 0 amide bonds. The lowest BCUT2D eigenvalue weighted by Gasteiger charge is -2.16. The zero-order valence-corrected chi connectivity index (χ0v) is 17.4. The summed E-state index contributed by atoms with van der Waals surface area (Å²) in [4.78, 5) is 47.3. The van der Waals surface area contributed by atoms with Crippen molar-refractivity contribution in [1.29, 1.82) is 0 Å². The van der Waals surface area contributed by atoms with E-state index in [2.05, 4.69) is 0 Å². The van der Waals surface area contributed by atoms with Gasteiger partial charge in [-0.1, -0.05) is 97.1 Å². The van der Waals surface area contributed by atoms with Crippen LogP contribution in [0.1, 0.15) is 58.1 Å². The summed E-state index contributed by atoms with van der Waals surface area (Å²) in [5.74, 6) is -1.50. The second-order valence-electron chi connectivity index (χ2n) is 7.30. The van der Waals surface area contributed by atoms with E-state index in [4.69, 9.17) is 5.11 Å². The third-order valence-electron chi connectivity index (χ3n) is 5.27. The molecule has 5 rings (SSSR count). The molecule has 5 nitrogen and oxygen atoms in total. The summed E-state index contributed by atoms with van der Waals surface area (Å²) in [6.07, 6.45) is 0. The van der Waals surface area contributed by atoms with E-state index in [-0.39, 0.29) is 28.5 Å². The number of carbonyl (C=O) groups is 4. The van der Waals surface area contributed by atoms with E-state index < -0.39 is 5.97 Å². The van der Waals surface area contributed by atoms with Crippen molar-refractivity contribution in [3.63, 3.8) is 0 Å². The minimum absolute atomic E-state index is 0.0290. The lowest BCUT2D eigenvalue weighted by atomic mass is 9.84. The molecule has 0 radical (unpaired) electrons. The van der Waals surface area contributed by atoms with Crippen LogP contribution in [0.4, 0.5) is 0 Å². The van der Waals surface area contributed by atoms with E-state index in [0.717, 1.165) is 0 Å². The normalized spacial score (nSPS) is 11.5. The van der Waals surface area contributed by atoms with Gasteiger partial charge >= 0.3 is 5.97 Å². The van der Waals surface area contributed by atoms with Crippen LogP contribution in [0.3, 0.4) is 0 Å². The van der Waals surface area contributed by atoms with Crippen molar-refractivity contribution in [2.24, 2.45) is 0 Å². The van der Waals surface area contributed by atoms with E-state index in [1.54, 1.807) is 91.0 Å². The third kappa shape index (κ3) is 4.25. The first-order chi connectivity index (χ1) is 16.0. The molecule has 160 valence electrons. The Bertz CT molecular complexity index is 1280. The van der Waals surface area contributed by atoms with Gasteiger partial charge in [0.15, 0.2) is 17.3 Å². The highest BCUT2D eigenvalue weighted by atomic mass is 16.4. The van der Waals surface area contributed by atoms with Crippen LogP contribution in [0.2, 0.25) is 0 Å². The molecular formula is C28H18O5. The highest BCUT2D eigenvalue weighted by molar-refractivity contribution is 6.28. The van der Waals surface area contributed by atoms with E-state index in [1.165, 1.54) is 12.1 Å². The molecule has 0 saturated heterocycles. The number of carbonyl (C=O) groups excluding carboxylic acids is 3. The standard InChI is InChI=1S/C14H10O3.C14H8O2/c15-13(10-6-2-1-3-7-10)11-8-4-5-9-12(11)14(16)17;15-13-9-5-1-2-6-10(9)14(16)12-8-4-3-7-11(12)13/h1-9H,(H,16,17);1-8H. The monoisotopic (exact) mass is 434 g/mol. The maximum Gasteiger partial charge on any atom is 0.336 e. The quantitative estimate of drug-likeness (QED) is 0.400. The minimum atomic E-state index is -1.09. The largest absolute Gasteiger partial charge is 0.478 e. The van der Waals surface area contributed by atoms with Crippen molar-refractivity contribution >= 4 is 23.3 Å². The summed E-state index contributed by atoms with van der Waals surface area (Å²) in [5, 5.41) is 9.01. The molecule has 1 N–H and O–H groups in total. The van der Waals surface area contributed by atoms with Crippen LogP contribution in [-0.2, 0) is 0 Å². The summed E-state index contributed by atoms with van der Waals surface area (Å²) in [7, 11) is 0. The second-order valence-corrected chi connectivity index (χ2v) is 7.30. The lowest BCUT2D eigenvalue weighted by molar-refractivity contribution is 0.0692. The Morgan fingerprint density at radius 1 is 0.485 bits per heavy atom. The van der Waals surface area contributed by atoms with E-state index in [0.29, 0.717) is 27.8 Å². The number of hydrogen-bond donors (Lipinski definition) is 1. The van der Waals surface area contributed by atoms with Crippen LogP contribution in [0.5, 0.6) is 0 Å². The van der Waals surface area contributed by atoms with Gasteiger partial charge in [-0.05, 0) is 6.07 Å². The second kappa shape index (κ2) is 9.24. The summed E-state index contributed by atoms with van der Waals surface area (Å²) in [6.45, 7) is 0. The molecule has 0 unspecified atom stereocenters. The van der Waals surface area contributed by atoms with Gasteiger partial charge in [-0.3, -0.25) is 14.4 Å². The first-order valence-corrected chi connectivity index (χ1v) is 10.2. The number of hydrogen-bond acceptors (Lipinski definition) is 4. The molecule has 0 atom stereocenters. The maximum atomic E-state index is 12.1. The van der Waals surface area contributed by atoms with E-state index >= 15 is 0 Å². The fourth-order valence-electron chi connectivity index (χ4n) is 3.66. The fourth-order valence-corrected chi connectivity index (χ4v) is 3.66. The van der Waals surface area contributed by atoms with Gasteiger partial charge < -0.3 is 5.11 Å². The Labute approximate surface area is 190 Å². The number of ketones is 3. The number of aromatic carboxylic acids is 1. The Balaban J connectivity index is 0.000000157. The van der Waals surface area contributed by atoms with Gasteiger partial charge in [0.25, 0.3) is 0 Å². The Hall–Kier alpha value is -4.64. The fraction of sp³-hybridized carbons (Fsp3) is 0. The van der Waals surface area contributed by atoms with Crippen molar-refractivity contribution in [2.45, 2.75) is 0 Å². The van der Waals surface area contributed by atoms with E-state index in [9.17, 15) is 19.2 Å². The van der Waals surface area contributed by atoms with Crippen molar-refractivity contribution in [3.8, 4) is 0 Å². The molecule has 1 aliphatic rings. The van der Waals surface area contributed by atoms with Crippen LogP contribution < -0.4 is 0 Å². The van der Waals surface area contributed by atoms with Gasteiger partial charge in [0, 0.05) is 33.4 Å². The first kappa shape index (κ1) is 21.6. The summed E-state index contributed by atoms with van der Waals surface area (Å²) < 4.78 is 0. The van der Waals surface area contributed by atoms with Crippen LogP contribution in [0.25, 0.3) is 0 Å². The molecule has 0 aliphatic heterocycles. The molecule has 5 heteroatoms. The smallest absolute Gasteiger partial charge is 0.336 e. The van der Waals surface area contributed by atoms with Gasteiger partial charge in [-0.25, -0.2) is 4.79 Å². The van der Waals surface area contributed by atoms with Gasteiger partial charge in [0.2, 0.25) is 0 Å². The van der Waals surface area contributed by atoms with Gasteiger partial charge in [0.1, 0.15) is 0 Å². The zero-order chi connectivity index (χ0) is 23.4. The summed E-state index contributed by atoms with van der Waals surface area (Å²) in [5.41, 5.74) is 2.75. The number of benzene rings is 4. The van der Waals surface area contributed by atoms with Crippen molar-refractivity contribution in [2.75, 3.05) is 0 Å². The number of carboxylic acid groups (broad SMARTS) is 1. The number of carboxylic acids is 1. The molecule has 0 heterocycles.